The first-order chi connectivity index (χ1) is 23.6. The molecule has 48 heavy (non-hydrogen) atoms. The topological polar surface area (TPSA) is 39.1 Å². The maximum atomic E-state index is 15.3. The molecule has 3 heterocycles. The molecular weight excluding hydrogens is 626 g/mol. The van der Waals surface area contributed by atoms with Gasteiger partial charge in [0.05, 0.1) is 21.3 Å². The smallest absolute Gasteiger partial charge is 0.209 e. The molecule has 8 aromatic rings. The second kappa shape index (κ2) is 10.1. The number of nitrogens with zero attached hydrogens (tertiary/aromatic N) is 1. The monoisotopic (exact) mass is 653 g/mol. The van der Waals surface area contributed by atoms with Gasteiger partial charge < -0.3 is 4.57 Å². The third-order valence-corrected chi connectivity index (χ3v) is 14.6. The molecule has 228 valence electrons. The van der Waals surface area contributed by atoms with E-state index in [1.807, 2.05) is 54.6 Å². The van der Waals surface area contributed by atoms with E-state index in [1.54, 1.807) is 0 Å². The van der Waals surface area contributed by atoms with Crippen molar-refractivity contribution < 1.29 is 8.42 Å². The summed E-state index contributed by atoms with van der Waals surface area (Å²) in [6, 6.07) is 58.5. The Kier molecular flexibility index (Phi) is 5.85. The van der Waals surface area contributed by atoms with Crippen LogP contribution in [0.25, 0.3) is 27.5 Å². The van der Waals surface area contributed by atoms with Crippen molar-refractivity contribution in [3.05, 3.63) is 192 Å². The zero-order valence-electron chi connectivity index (χ0n) is 25.8. The molecule has 3 nitrogen and oxygen atoms in total. The number of para-hydroxylation sites is 2. The molecule has 2 aliphatic heterocycles. The van der Waals surface area contributed by atoms with E-state index in [4.69, 9.17) is 0 Å². The Balaban J connectivity index is 1.45. The van der Waals surface area contributed by atoms with Gasteiger partial charge in [-0.2, -0.15) is 0 Å². The van der Waals surface area contributed by atoms with Crippen molar-refractivity contribution in [2.45, 2.75) is 15.2 Å². The van der Waals surface area contributed by atoms with E-state index < -0.39 is 23.2 Å². The molecule has 1 aromatic heterocycles. The fraction of sp³-hybridized carbons (Fsp3) is 0.0233. The molecule has 5 heteroatoms. The molecule has 0 radical (unpaired) electrons. The summed E-state index contributed by atoms with van der Waals surface area (Å²) in [4.78, 5) is 0.750. The largest absolute Gasteiger partial charge is 0.308 e. The SMILES string of the molecule is O=S1(=O)c2ccccc2C2(c3ccccc3P(c3ccccc3)c3ccccc32)c2ccc3c4ccccc4n(-c4ccccc4)c3c21. The molecule has 7 aromatic carbocycles. The minimum absolute atomic E-state index is 0.366. The Morgan fingerprint density at radius 3 is 1.75 bits per heavy atom. The van der Waals surface area contributed by atoms with Crippen LogP contribution in [0.4, 0.5) is 0 Å². The van der Waals surface area contributed by atoms with Crippen LogP contribution in [0.15, 0.2) is 180 Å². The first kappa shape index (κ1) is 27.8. The highest BCUT2D eigenvalue weighted by Crippen LogP contribution is 2.59. The molecule has 0 aliphatic carbocycles. The molecule has 0 saturated heterocycles. The van der Waals surface area contributed by atoms with Gasteiger partial charge in [0.2, 0.25) is 9.84 Å². The predicted octanol–water partition coefficient (Wildman–Crippen LogP) is 8.38. The summed E-state index contributed by atoms with van der Waals surface area (Å²) < 4.78 is 32.7. The van der Waals surface area contributed by atoms with Crippen molar-refractivity contribution in [2.24, 2.45) is 0 Å². The lowest BCUT2D eigenvalue weighted by atomic mass is 9.64. The average molecular weight is 654 g/mol. The summed E-state index contributed by atoms with van der Waals surface area (Å²) in [5, 5.41) is 5.73. The van der Waals surface area contributed by atoms with Crippen LogP contribution in [0, 0.1) is 0 Å². The molecule has 0 fully saturated rings. The van der Waals surface area contributed by atoms with Gasteiger partial charge in [-0.25, -0.2) is 8.42 Å². The van der Waals surface area contributed by atoms with E-state index in [-0.39, 0.29) is 0 Å². The van der Waals surface area contributed by atoms with Gasteiger partial charge >= 0.3 is 0 Å². The number of hydrogen-bond acceptors (Lipinski definition) is 2. The van der Waals surface area contributed by atoms with Gasteiger partial charge in [-0.15, -0.1) is 0 Å². The minimum Gasteiger partial charge on any atom is -0.308 e. The molecular formula is C43H28NO2PS. The van der Waals surface area contributed by atoms with E-state index in [9.17, 15) is 0 Å². The van der Waals surface area contributed by atoms with Gasteiger partial charge in [0, 0.05) is 16.5 Å². The minimum atomic E-state index is -3.97. The predicted molar refractivity (Wildman–Crippen MR) is 197 cm³/mol. The van der Waals surface area contributed by atoms with Crippen LogP contribution in [-0.2, 0) is 15.3 Å². The quantitative estimate of drug-likeness (QED) is 0.176. The van der Waals surface area contributed by atoms with Crippen LogP contribution < -0.4 is 15.9 Å². The Labute approximate surface area is 280 Å². The van der Waals surface area contributed by atoms with E-state index in [0.29, 0.717) is 9.79 Å². The van der Waals surface area contributed by atoms with E-state index >= 15 is 8.42 Å². The van der Waals surface area contributed by atoms with Crippen LogP contribution in [0.2, 0.25) is 0 Å². The molecule has 0 saturated carbocycles. The van der Waals surface area contributed by atoms with Crippen LogP contribution in [-0.4, -0.2) is 13.0 Å². The number of hydrogen-bond donors (Lipinski definition) is 0. The highest BCUT2D eigenvalue weighted by molar-refractivity contribution is 7.92. The first-order valence-electron chi connectivity index (χ1n) is 16.1. The third kappa shape index (κ3) is 3.49. The normalized spacial score (nSPS) is 18.6. The lowest BCUT2D eigenvalue weighted by molar-refractivity contribution is 0.580. The number of aromatic nitrogens is 1. The maximum absolute atomic E-state index is 15.3. The van der Waals surface area contributed by atoms with Gasteiger partial charge in [0.25, 0.3) is 0 Å². The third-order valence-electron chi connectivity index (χ3n) is 10.2. The summed E-state index contributed by atoms with van der Waals surface area (Å²) in [5.41, 5.74) is 5.67. The van der Waals surface area contributed by atoms with Crippen LogP contribution in [0.1, 0.15) is 22.3 Å². The lowest BCUT2D eigenvalue weighted by Gasteiger charge is -2.48. The van der Waals surface area contributed by atoms with E-state index in [2.05, 4.69) is 120 Å². The molecule has 1 spiro atoms. The molecule has 10 rings (SSSR count). The van der Waals surface area contributed by atoms with Crippen LogP contribution in [0.3, 0.4) is 0 Å². The van der Waals surface area contributed by atoms with Crippen molar-refractivity contribution in [2.75, 3.05) is 0 Å². The van der Waals surface area contributed by atoms with Gasteiger partial charge in [-0.3, -0.25) is 0 Å². The molecule has 2 aliphatic rings. The number of sulfone groups is 1. The lowest BCUT2D eigenvalue weighted by Crippen LogP contribution is -2.48. The van der Waals surface area contributed by atoms with Crippen LogP contribution >= 0.6 is 7.92 Å². The zero-order valence-corrected chi connectivity index (χ0v) is 27.5. The summed E-state index contributed by atoms with van der Waals surface area (Å²) in [7, 11) is -4.87. The van der Waals surface area contributed by atoms with Gasteiger partial charge in [0.1, 0.15) is 4.90 Å². The van der Waals surface area contributed by atoms with Crippen LogP contribution in [0.5, 0.6) is 0 Å². The highest BCUT2D eigenvalue weighted by Gasteiger charge is 2.54. The van der Waals surface area contributed by atoms with Crippen molar-refractivity contribution in [3.8, 4) is 5.69 Å². The van der Waals surface area contributed by atoms with Gasteiger partial charge in [-0.1, -0.05) is 146 Å². The highest BCUT2D eigenvalue weighted by atomic mass is 32.2. The molecule has 0 bridgehead atoms. The Morgan fingerprint density at radius 2 is 1.04 bits per heavy atom. The van der Waals surface area contributed by atoms with Gasteiger partial charge in [-0.05, 0) is 70.4 Å². The Hall–Kier alpha value is -5.28. The summed E-state index contributed by atoms with van der Waals surface area (Å²) in [5.74, 6) is 0. The maximum Gasteiger partial charge on any atom is 0.209 e. The van der Waals surface area contributed by atoms with Crippen molar-refractivity contribution in [3.63, 3.8) is 0 Å². The Morgan fingerprint density at radius 1 is 0.479 bits per heavy atom. The summed E-state index contributed by atoms with van der Waals surface area (Å²) in [6.07, 6.45) is 0. The summed E-state index contributed by atoms with van der Waals surface area (Å²) in [6.45, 7) is 0. The van der Waals surface area contributed by atoms with Crippen molar-refractivity contribution >= 4 is 55.5 Å². The number of benzene rings is 7. The summed E-state index contributed by atoms with van der Waals surface area (Å²) >= 11 is 0. The second-order valence-corrected chi connectivity index (χ2v) is 16.5. The molecule has 0 unspecified atom stereocenters. The second-order valence-electron chi connectivity index (χ2n) is 12.5. The molecule has 0 atom stereocenters. The first-order valence-corrected chi connectivity index (χ1v) is 18.9. The zero-order chi connectivity index (χ0) is 32.0. The van der Waals surface area contributed by atoms with Crippen molar-refractivity contribution in [1.29, 1.82) is 0 Å². The van der Waals surface area contributed by atoms with Crippen molar-refractivity contribution in [1.82, 2.24) is 4.57 Å². The fourth-order valence-electron chi connectivity index (χ4n) is 8.39. The average Bonchev–Trinajstić information content (AvgIpc) is 3.48. The van der Waals surface area contributed by atoms with Gasteiger partial charge in [0.15, 0.2) is 0 Å². The standard InChI is InChI=1S/C43H28NO2PS/c45-48(46)40-26-14-10-22-35(40)43(33-20-8-12-24-38(33)47(30-17-5-2-6-18-30)39-25-13-9-21-34(39)43)36-28-27-32-31-19-7-11-23-37(31)44(41(32)42(36)48)29-15-3-1-4-16-29/h1-28H. The Bertz CT molecular complexity index is 2650. The number of fused-ring (bicyclic) bond motifs is 12. The number of rotatable bonds is 2. The van der Waals surface area contributed by atoms with E-state index in [0.717, 1.165) is 49.7 Å². The molecule has 0 N–H and O–H groups in total. The fourth-order valence-corrected chi connectivity index (χ4v) is 13.1. The van der Waals surface area contributed by atoms with E-state index in [1.165, 1.54) is 15.9 Å². The molecule has 0 amide bonds.